The molecule has 36 heavy (non-hydrogen) atoms. The molecular formula is C27H27F6N3. The van der Waals surface area contributed by atoms with Crippen LogP contribution in [0.4, 0.5) is 32.0 Å². The molecule has 9 heteroatoms. The van der Waals surface area contributed by atoms with Gasteiger partial charge in [0.2, 0.25) is 0 Å². The van der Waals surface area contributed by atoms with E-state index in [1.807, 2.05) is 19.1 Å². The topological polar surface area (TPSA) is 37.0 Å². The van der Waals surface area contributed by atoms with Crippen molar-refractivity contribution in [2.45, 2.75) is 64.1 Å². The number of anilines is 1. The van der Waals surface area contributed by atoms with Crippen molar-refractivity contribution in [3.8, 4) is 0 Å². The number of aromatic nitrogens is 1. The zero-order chi connectivity index (χ0) is 25.7. The Morgan fingerprint density at radius 1 is 0.861 bits per heavy atom. The van der Waals surface area contributed by atoms with Crippen LogP contribution < -0.4 is 10.6 Å². The molecule has 1 heterocycles. The zero-order valence-electron chi connectivity index (χ0n) is 19.7. The summed E-state index contributed by atoms with van der Waals surface area (Å²) in [6.45, 7) is 2.10. The van der Waals surface area contributed by atoms with Crippen LogP contribution in [-0.2, 0) is 25.4 Å². The second kappa shape index (κ2) is 9.25. The van der Waals surface area contributed by atoms with Gasteiger partial charge in [0.1, 0.15) is 0 Å². The Balaban J connectivity index is 1.41. The average Bonchev–Trinajstić information content (AvgIpc) is 3.71. The highest BCUT2D eigenvalue weighted by Crippen LogP contribution is 2.46. The lowest BCUT2D eigenvalue weighted by molar-refractivity contribution is -0.143. The third-order valence-corrected chi connectivity index (χ3v) is 6.96. The van der Waals surface area contributed by atoms with Crippen LogP contribution in [0.15, 0.2) is 42.6 Å². The molecule has 3 aromatic rings. The maximum atomic E-state index is 13.2. The Hall–Kier alpha value is -2.81. The number of nitrogens with one attached hydrogen (secondary N) is 2. The first-order valence-corrected chi connectivity index (χ1v) is 12.1. The molecule has 5 rings (SSSR count). The van der Waals surface area contributed by atoms with E-state index in [9.17, 15) is 26.3 Å². The molecule has 0 atom stereocenters. The molecule has 2 N–H and O–H groups in total. The number of alkyl halides is 6. The predicted octanol–water partition coefficient (Wildman–Crippen LogP) is 7.47. The maximum absolute atomic E-state index is 13.2. The summed E-state index contributed by atoms with van der Waals surface area (Å²) >= 11 is 0. The summed E-state index contributed by atoms with van der Waals surface area (Å²) in [6, 6.07) is 8.05. The van der Waals surface area contributed by atoms with Crippen LogP contribution in [0.1, 0.15) is 53.5 Å². The van der Waals surface area contributed by atoms with Crippen molar-refractivity contribution in [1.82, 2.24) is 10.3 Å². The van der Waals surface area contributed by atoms with E-state index in [1.165, 1.54) is 25.7 Å². The Bertz CT molecular complexity index is 1210. The van der Waals surface area contributed by atoms with Crippen LogP contribution in [0, 0.1) is 18.8 Å². The van der Waals surface area contributed by atoms with Gasteiger partial charge in [0.25, 0.3) is 0 Å². The van der Waals surface area contributed by atoms with Gasteiger partial charge in [-0.1, -0.05) is 11.6 Å². The molecule has 2 aliphatic carbocycles. The van der Waals surface area contributed by atoms with Gasteiger partial charge in [0.05, 0.1) is 16.6 Å². The first-order valence-electron chi connectivity index (χ1n) is 12.1. The quantitative estimate of drug-likeness (QED) is 0.311. The molecule has 0 bridgehead atoms. The Morgan fingerprint density at radius 2 is 1.47 bits per heavy atom. The van der Waals surface area contributed by atoms with Crippen molar-refractivity contribution >= 4 is 16.6 Å². The first kappa shape index (κ1) is 24.9. The number of benzene rings is 2. The van der Waals surface area contributed by atoms with Crippen molar-refractivity contribution in [2.24, 2.45) is 11.8 Å². The molecule has 192 valence electrons. The number of pyridine rings is 1. The van der Waals surface area contributed by atoms with E-state index in [0.29, 0.717) is 17.9 Å². The van der Waals surface area contributed by atoms with Crippen LogP contribution in [0.25, 0.3) is 10.9 Å². The van der Waals surface area contributed by atoms with Gasteiger partial charge in [0.15, 0.2) is 0 Å². The Labute approximate surface area is 205 Å². The largest absolute Gasteiger partial charge is 0.416 e. The number of halogens is 6. The molecule has 0 saturated heterocycles. The molecule has 3 nitrogen and oxygen atoms in total. The van der Waals surface area contributed by atoms with E-state index in [2.05, 4.69) is 21.7 Å². The smallest absolute Gasteiger partial charge is 0.381 e. The summed E-state index contributed by atoms with van der Waals surface area (Å²) < 4.78 is 79.3. The van der Waals surface area contributed by atoms with Crippen LogP contribution in [-0.4, -0.2) is 11.0 Å². The summed E-state index contributed by atoms with van der Waals surface area (Å²) in [5.74, 6) is 1.27. The molecule has 0 radical (unpaired) electrons. The van der Waals surface area contributed by atoms with Gasteiger partial charge in [0, 0.05) is 42.0 Å². The van der Waals surface area contributed by atoms with Crippen molar-refractivity contribution in [2.75, 3.05) is 5.32 Å². The van der Waals surface area contributed by atoms with Crippen molar-refractivity contribution in [1.29, 1.82) is 0 Å². The molecular weight excluding hydrogens is 480 g/mol. The minimum atomic E-state index is -4.87. The van der Waals surface area contributed by atoms with Gasteiger partial charge in [-0.3, -0.25) is 4.98 Å². The first-order chi connectivity index (χ1) is 17.0. The van der Waals surface area contributed by atoms with Gasteiger partial charge in [-0.05, 0) is 80.3 Å². The van der Waals surface area contributed by atoms with Gasteiger partial charge in [-0.2, -0.15) is 26.3 Å². The van der Waals surface area contributed by atoms with Crippen molar-refractivity contribution in [3.05, 3.63) is 70.4 Å². The average molecular weight is 508 g/mol. The van der Waals surface area contributed by atoms with Crippen LogP contribution in [0.2, 0.25) is 0 Å². The van der Waals surface area contributed by atoms with E-state index >= 15 is 0 Å². The SMILES string of the molecule is Cc1ccc2ncc(CNCc3cc(C(F)(F)F)cc(C(F)(F)F)c3)c(NC(C3CC3)C3CC3)c2c1. The minimum Gasteiger partial charge on any atom is -0.381 e. The van der Waals surface area contributed by atoms with Gasteiger partial charge in [-0.15, -0.1) is 0 Å². The number of aryl methyl sites for hydroxylation is 1. The Morgan fingerprint density at radius 3 is 2.03 bits per heavy atom. The number of fused-ring (bicyclic) bond motifs is 1. The third kappa shape index (κ3) is 5.61. The lowest BCUT2D eigenvalue weighted by Gasteiger charge is -2.23. The normalized spacial score (nSPS) is 16.7. The fraction of sp³-hybridized carbons (Fsp3) is 0.444. The van der Waals surface area contributed by atoms with Crippen LogP contribution in [0.5, 0.6) is 0 Å². The van der Waals surface area contributed by atoms with E-state index in [-0.39, 0.29) is 24.7 Å². The molecule has 2 fully saturated rings. The number of hydrogen-bond acceptors (Lipinski definition) is 3. The maximum Gasteiger partial charge on any atom is 0.416 e. The van der Waals surface area contributed by atoms with Gasteiger partial charge < -0.3 is 10.6 Å². The molecule has 2 aromatic carbocycles. The van der Waals surface area contributed by atoms with Crippen LogP contribution >= 0.6 is 0 Å². The molecule has 0 unspecified atom stereocenters. The van der Waals surface area contributed by atoms with E-state index in [4.69, 9.17) is 0 Å². The molecule has 0 spiro atoms. The molecule has 0 amide bonds. The summed E-state index contributed by atoms with van der Waals surface area (Å²) in [5.41, 5.74) is 1.000. The number of hydrogen-bond donors (Lipinski definition) is 2. The standard InChI is InChI=1S/C27H27F6N3/c1-15-2-7-23-22(8-15)25(36-24(17-3-4-17)18-5-6-18)19(14-35-23)13-34-12-16-9-20(26(28,29)30)11-21(10-16)27(31,32)33/h2,7-11,14,17-18,24,34H,3-6,12-13H2,1H3,(H,35,36). The highest BCUT2D eigenvalue weighted by Gasteiger charge is 2.42. The van der Waals surface area contributed by atoms with Crippen molar-refractivity contribution < 1.29 is 26.3 Å². The fourth-order valence-electron chi connectivity index (χ4n) is 4.81. The van der Waals surface area contributed by atoms with Crippen LogP contribution in [0.3, 0.4) is 0 Å². The lowest BCUT2D eigenvalue weighted by Crippen LogP contribution is -2.26. The number of rotatable bonds is 8. The summed E-state index contributed by atoms with van der Waals surface area (Å²) in [4.78, 5) is 4.55. The minimum absolute atomic E-state index is 0.0786. The zero-order valence-corrected chi connectivity index (χ0v) is 19.7. The highest BCUT2D eigenvalue weighted by molar-refractivity contribution is 5.93. The molecule has 1 aromatic heterocycles. The van der Waals surface area contributed by atoms with E-state index in [1.54, 1.807) is 6.20 Å². The van der Waals surface area contributed by atoms with E-state index in [0.717, 1.165) is 39.8 Å². The summed E-state index contributed by atoms with van der Waals surface area (Å²) in [5, 5.41) is 7.79. The van der Waals surface area contributed by atoms with E-state index < -0.39 is 23.5 Å². The van der Waals surface area contributed by atoms with Gasteiger partial charge in [-0.25, -0.2) is 0 Å². The Kier molecular flexibility index (Phi) is 6.39. The van der Waals surface area contributed by atoms with Crippen molar-refractivity contribution in [3.63, 3.8) is 0 Å². The summed E-state index contributed by atoms with van der Waals surface area (Å²) in [6.07, 6.45) is -3.22. The second-order valence-electron chi connectivity index (χ2n) is 10.0. The highest BCUT2D eigenvalue weighted by atomic mass is 19.4. The number of nitrogens with zero attached hydrogens (tertiary/aromatic N) is 1. The predicted molar refractivity (Wildman–Crippen MR) is 126 cm³/mol. The molecule has 0 aliphatic heterocycles. The molecule has 2 saturated carbocycles. The third-order valence-electron chi connectivity index (χ3n) is 6.96. The monoisotopic (exact) mass is 507 g/mol. The fourth-order valence-corrected chi connectivity index (χ4v) is 4.81. The van der Waals surface area contributed by atoms with Gasteiger partial charge >= 0.3 is 12.4 Å². The lowest BCUT2D eigenvalue weighted by atomic mass is 10.0. The second-order valence-corrected chi connectivity index (χ2v) is 10.0. The molecule has 2 aliphatic rings. The summed E-state index contributed by atoms with van der Waals surface area (Å²) in [7, 11) is 0.